The number of rotatable bonds is 6. The molecule has 4 aromatic carbocycles. The maximum Gasteiger partial charge on any atom is 2.00 e. The van der Waals surface area contributed by atoms with Crippen molar-refractivity contribution >= 4 is 82.8 Å². The second-order valence-corrected chi connectivity index (χ2v) is 11.5. The van der Waals surface area contributed by atoms with Crippen LogP contribution in [0.1, 0.15) is 49.1 Å². The molecule has 0 radical (unpaired) electrons. The van der Waals surface area contributed by atoms with Gasteiger partial charge in [-0.3, -0.25) is 0 Å². The molecule has 0 saturated carbocycles. The molecule has 36 heavy (non-hydrogen) atoms. The van der Waals surface area contributed by atoms with Gasteiger partial charge in [0.25, 0.3) is 0 Å². The molecule has 0 aliphatic heterocycles. The summed E-state index contributed by atoms with van der Waals surface area (Å²) in [5.41, 5.74) is -0.682. The Bertz CT molecular complexity index is 1260. The predicted molar refractivity (Wildman–Crippen MR) is 141 cm³/mol. The number of hydrogen-bond donors (Lipinski definition) is 0. The molecule has 10 heteroatoms. The summed E-state index contributed by atoms with van der Waals surface area (Å²) in [6, 6.07) is 26.1. The molecule has 0 aliphatic carbocycles. The molecule has 4 aromatic rings. The van der Waals surface area contributed by atoms with E-state index in [2.05, 4.69) is 0 Å². The zero-order chi connectivity index (χ0) is 24.9. The van der Waals surface area contributed by atoms with Crippen LogP contribution in [0.5, 0.6) is 0 Å². The molecule has 0 aromatic heterocycles. The van der Waals surface area contributed by atoms with Gasteiger partial charge in [0, 0.05) is 11.3 Å². The summed E-state index contributed by atoms with van der Waals surface area (Å²) in [6.07, 6.45) is 0.616. The fourth-order valence-electron chi connectivity index (χ4n) is 4.11. The molecular weight excluding hydrogens is 519 g/mol. The normalized spacial score (nSPS) is 13.1. The van der Waals surface area contributed by atoms with Crippen molar-refractivity contribution in [2.75, 3.05) is 0 Å². The zero-order valence-corrected chi connectivity index (χ0v) is 25.0. The molecule has 0 spiro atoms. The van der Waals surface area contributed by atoms with Crippen LogP contribution in [-0.4, -0.2) is 46.1 Å². The van der Waals surface area contributed by atoms with E-state index in [4.69, 9.17) is 0 Å². The summed E-state index contributed by atoms with van der Waals surface area (Å²) in [6.45, 7) is 3.42. The molecule has 4 rings (SSSR count). The van der Waals surface area contributed by atoms with Crippen LogP contribution < -0.4 is 19.6 Å². The van der Waals surface area contributed by atoms with Crippen LogP contribution in [0.2, 0.25) is 0 Å². The van der Waals surface area contributed by atoms with Crippen LogP contribution in [-0.2, 0) is 9.13 Å². The Kier molecular flexibility index (Phi) is 13.3. The Balaban J connectivity index is 0.000000341. The molecule has 0 N–H and O–H groups in total. The molecule has 0 bridgehead atoms. The van der Waals surface area contributed by atoms with Gasteiger partial charge in [0.05, 0.1) is 0 Å². The minimum Gasteiger partial charge on any atom is -0.810 e. The SMILES string of the molecule is CCC(c1ccc2ccccc2c1)P(=O)([O-])[O-].CCC(c1ccc2ccccc2c1)P(=O)([O-])[O-].[Mg+2].[Mg+2]. The first kappa shape index (κ1) is 33.3. The summed E-state index contributed by atoms with van der Waals surface area (Å²) in [7, 11) is -9.15. The van der Waals surface area contributed by atoms with Gasteiger partial charge in [-0.05, 0) is 45.5 Å². The molecule has 180 valence electrons. The summed E-state index contributed by atoms with van der Waals surface area (Å²) in [4.78, 5) is 44.7. The van der Waals surface area contributed by atoms with E-state index in [9.17, 15) is 28.7 Å². The van der Waals surface area contributed by atoms with Gasteiger partial charge in [0.1, 0.15) is 0 Å². The van der Waals surface area contributed by atoms with E-state index < -0.39 is 26.5 Å². The van der Waals surface area contributed by atoms with Gasteiger partial charge in [-0.25, -0.2) is 0 Å². The third-order valence-corrected chi connectivity index (χ3v) is 8.71. The van der Waals surface area contributed by atoms with E-state index >= 15 is 0 Å². The maximum absolute atomic E-state index is 11.2. The Labute approximate surface area is 244 Å². The molecule has 0 heterocycles. The minimum atomic E-state index is -4.58. The van der Waals surface area contributed by atoms with Crippen molar-refractivity contribution in [3.63, 3.8) is 0 Å². The van der Waals surface area contributed by atoms with Crippen molar-refractivity contribution in [1.29, 1.82) is 0 Å². The van der Waals surface area contributed by atoms with E-state index in [1.165, 1.54) is 0 Å². The van der Waals surface area contributed by atoms with E-state index in [-0.39, 0.29) is 46.1 Å². The smallest absolute Gasteiger partial charge is 0.810 e. The van der Waals surface area contributed by atoms with Gasteiger partial charge in [-0.1, -0.05) is 114 Å². The van der Waals surface area contributed by atoms with Crippen LogP contribution in [0.25, 0.3) is 21.5 Å². The molecule has 0 aliphatic rings. The van der Waals surface area contributed by atoms with Gasteiger partial charge in [-0.15, -0.1) is 0 Å². The monoisotopic (exact) mass is 544 g/mol. The number of hydrogen-bond acceptors (Lipinski definition) is 6. The van der Waals surface area contributed by atoms with Gasteiger partial charge in [0.2, 0.25) is 0 Å². The van der Waals surface area contributed by atoms with Crippen LogP contribution in [0.15, 0.2) is 84.9 Å². The molecule has 2 atom stereocenters. The van der Waals surface area contributed by atoms with Crippen molar-refractivity contribution in [2.24, 2.45) is 0 Å². The largest absolute Gasteiger partial charge is 2.00 e. The average molecular weight is 545 g/mol. The predicted octanol–water partition coefficient (Wildman–Crippen LogP) is 3.65. The standard InChI is InChI=1S/2C13H15O3P.2Mg/c2*1-2-13(17(14,15)16)12-8-7-10-5-3-4-6-11(10)9-12;;/h2*3-9,13H,2H2,1H3,(H2,14,15,16);;/q;;2*+2/p-4. The van der Waals surface area contributed by atoms with Crippen molar-refractivity contribution in [3.8, 4) is 0 Å². The summed E-state index contributed by atoms with van der Waals surface area (Å²) < 4.78 is 22.3. The van der Waals surface area contributed by atoms with Gasteiger partial charge < -0.3 is 28.7 Å². The zero-order valence-electron chi connectivity index (χ0n) is 20.4. The fraction of sp³-hybridized carbons (Fsp3) is 0.231. The molecule has 0 saturated heterocycles. The van der Waals surface area contributed by atoms with Gasteiger partial charge in [0.15, 0.2) is 0 Å². The van der Waals surface area contributed by atoms with E-state index in [0.29, 0.717) is 24.0 Å². The second-order valence-electron chi connectivity index (χ2n) is 8.14. The average Bonchev–Trinajstić information content (AvgIpc) is 2.78. The molecule has 0 amide bonds. The molecule has 6 nitrogen and oxygen atoms in total. The minimum absolute atomic E-state index is 0. The third kappa shape index (κ3) is 8.64. The third-order valence-electron chi connectivity index (χ3n) is 5.85. The molecule has 2 unspecified atom stereocenters. The van der Waals surface area contributed by atoms with Crippen LogP contribution in [0.4, 0.5) is 0 Å². The topological polar surface area (TPSA) is 126 Å². The summed E-state index contributed by atoms with van der Waals surface area (Å²) in [5, 5.41) is 3.99. The van der Waals surface area contributed by atoms with Crippen LogP contribution in [0, 0.1) is 0 Å². The van der Waals surface area contributed by atoms with Crippen molar-refractivity contribution < 1.29 is 28.7 Å². The number of fused-ring (bicyclic) bond motifs is 2. The Morgan fingerprint density at radius 3 is 1.14 bits per heavy atom. The van der Waals surface area contributed by atoms with Crippen LogP contribution in [0.3, 0.4) is 0 Å². The first-order valence-electron chi connectivity index (χ1n) is 11.1. The number of benzene rings is 4. The summed E-state index contributed by atoms with van der Waals surface area (Å²) in [5.74, 6) is 0. The second kappa shape index (κ2) is 14.4. The molecule has 0 fully saturated rings. The van der Waals surface area contributed by atoms with Crippen molar-refractivity contribution in [1.82, 2.24) is 0 Å². The first-order chi connectivity index (χ1) is 16.0. The van der Waals surface area contributed by atoms with E-state index in [1.54, 1.807) is 38.1 Å². The maximum atomic E-state index is 11.2. The Hall–Kier alpha value is -0.768. The van der Waals surface area contributed by atoms with Crippen LogP contribution >= 0.6 is 15.2 Å². The Morgan fingerprint density at radius 2 is 0.861 bits per heavy atom. The Morgan fingerprint density at radius 1 is 0.556 bits per heavy atom. The van der Waals surface area contributed by atoms with E-state index in [0.717, 1.165) is 21.5 Å². The summed E-state index contributed by atoms with van der Waals surface area (Å²) >= 11 is 0. The quantitative estimate of drug-likeness (QED) is 0.269. The van der Waals surface area contributed by atoms with E-state index in [1.807, 2.05) is 60.7 Å². The fourth-order valence-corrected chi connectivity index (χ4v) is 6.06. The van der Waals surface area contributed by atoms with Crippen molar-refractivity contribution in [2.45, 2.75) is 38.0 Å². The van der Waals surface area contributed by atoms with Gasteiger partial charge in [-0.2, -0.15) is 0 Å². The van der Waals surface area contributed by atoms with Crippen molar-refractivity contribution in [3.05, 3.63) is 96.1 Å². The first-order valence-corrected chi connectivity index (χ1v) is 14.3. The molecular formula is C26H26Mg2O6P2. The van der Waals surface area contributed by atoms with Gasteiger partial charge >= 0.3 is 46.1 Å².